The minimum Gasteiger partial charge on any atom is -0.358 e. The molecule has 0 unspecified atom stereocenters. The summed E-state index contributed by atoms with van der Waals surface area (Å²) in [7, 11) is -0.743. The highest BCUT2D eigenvalue weighted by Gasteiger charge is 2.40. The summed E-state index contributed by atoms with van der Waals surface area (Å²) in [5, 5.41) is 2.90. The van der Waals surface area contributed by atoms with Gasteiger partial charge in [-0.3, -0.25) is 14.5 Å². The van der Waals surface area contributed by atoms with Crippen molar-refractivity contribution in [3.8, 4) is 0 Å². The van der Waals surface area contributed by atoms with Crippen molar-refractivity contribution in [2.24, 2.45) is 0 Å². The molecule has 0 aromatic heterocycles. The van der Waals surface area contributed by atoms with Crippen LogP contribution in [0.2, 0.25) is 0 Å². The Balaban J connectivity index is 1.60. The first-order valence-corrected chi connectivity index (χ1v) is 13.2. The van der Waals surface area contributed by atoms with Crippen LogP contribution in [-0.2, 0) is 32.6 Å². The molecule has 1 fully saturated rings. The first-order valence-electron chi connectivity index (χ1n) is 11.7. The molecule has 1 N–H and O–H groups in total. The Morgan fingerprint density at radius 1 is 1.06 bits per heavy atom. The van der Waals surface area contributed by atoms with Crippen LogP contribution < -0.4 is 15.1 Å². The lowest BCUT2D eigenvalue weighted by Crippen LogP contribution is -2.57. The summed E-state index contributed by atoms with van der Waals surface area (Å²) in [6.07, 6.45) is 3.59. The average molecular weight is 485 g/mol. The van der Waals surface area contributed by atoms with Gasteiger partial charge in [-0.05, 0) is 55.0 Å². The zero-order valence-corrected chi connectivity index (χ0v) is 20.8. The summed E-state index contributed by atoms with van der Waals surface area (Å²) in [5.74, 6) is -0.446. The van der Waals surface area contributed by atoms with Gasteiger partial charge in [0.15, 0.2) is 0 Å². The van der Waals surface area contributed by atoms with E-state index in [1.165, 1.54) is 30.6 Å². The van der Waals surface area contributed by atoms with Gasteiger partial charge in [-0.15, -0.1) is 0 Å². The molecule has 2 aromatic rings. The summed E-state index contributed by atoms with van der Waals surface area (Å²) in [4.78, 5) is 29.9. The fraction of sp³-hybridized carbons (Fsp3) is 0.440. The Morgan fingerprint density at radius 3 is 2.44 bits per heavy atom. The van der Waals surface area contributed by atoms with Crippen LogP contribution >= 0.6 is 0 Å². The molecule has 8 nitrogen and oxygen atoms in total. The van der Waals surface area contributed by atoms with Crippen molar-refractivity contribution in [1.82, 2.24) is 9.62 Å². The first-order chi connectivity index (χ1) is 16.2. The van der Waals surface area contributed by atoms with Crippen LogP contribution in [-0.4, -0.2) is 57.8 Å². The number of aryl methyl sites for hydroxylation is 1. The van der Waals surface area contributed by atoms with Gasteiger partial charge in [0.2, 0.25) is 21.8 Å². The van der Waals surface area contributed by atoms with E-state index in [1.807, 2.05) is 24.3 Å². The number of rotatable bonds is 7. The molecule has 2 heterocycles. The second-order valence-electron chi connectivity index (χ2n) is 9.01. The zero-order chi connectivity index (χ0) is 24.5. The van der Waals surface area contributed by atoms with E-state index in [2.05, 4.69) is 17.1 Å². The molecule has 2 amide bonds. The van der Waals surface area contributed by atoms with E-state index in [0.29, 0.717) is 12.2 Å². The molecule has 4 rings (SSSR count). The molecule has 182 valence electrons. The van der Waals surface area contributed by atoms with Crippen LogP contribution in [0.15, 0.2) is 47.4 Å². The first kappa shape index (κ1) is 24.2. The second-order valence-corrected chi connectivity index (χ2v) is 11.2. The number of hydrogen-bond donors (Lipinski definition) is 1. The third kappa shape index (κ3) is 4.67. The molecule has 2 aromatic carbocycles. The van der Waals surface area contributed by atoms with Gasteiger partial charge in [-0.1, -0.05) is 31.2 Å². The van der Waals surface area contributed by atoms with E-state index in [4.69, 9.17) is 0 Å². The molecule has 2 aliphatic rings. The van der Waals surface area contributed by atoms with Crippen LogP contribution in [0.25, 0.3) is 0 Å². The molecule has 2 aliphatic heterocycles. The fourth-order valence-corrected chi connectivity index (χ4v) is 5.49. The zero-order valence-electron chi connectivity index (χ0n) is 20.0. The number of carbonyl (C=O) groups is 2. The quantitative estimate of drug-likeness (QED) is 0.652. The van der Waals surface area contributed by atoms with E-state index in [-0.39, 0.29) is 29.3 Å². The number of amides is 2. The van der Waals surface area contributed by atoms with Crippen molar-refractivity contribution in [3.05, 3.63) is 53.6 Å². The Kier molecular flexibility index (Phi) is 6.95. The van der Waals surface area contributed by atoms with Crippen LogP contribution in [0.4, 0.5) is 11.4 Å². The summed E-state index contributed by atoms with van der Waals surface area (Å²) < 4.78 is 26.6. The van der Waals surface area contributed by atoms with Crippen molar-refractivity contribution in [1.29, 1.82) is 0 Å². The van der Waals surface area contributed by atoms with Gasteiger partial charge >= 0.3 is 0 Å². The minimum absolute atomic E-state index is 0.0981. The maximum Gasteiger partial charge on any atom is 0.250 e. The molecule has 0 saturated carbocycles. The van der Waals surface area contributed by atoms with Crippen molar-refractivity contribution < 1.29 is 18.0 Å². The number of nitrogens with one attached hydrogen (secondary N) is 1. The maximum atomic E-state index is 13.4. The van der Waals surface area contributed by atoms with Crippen LogP contribution in [0.3, 0.4) is 0 Å². The lowest BCUT2D eigenvalue weighted by Gasteiger charge is -2.45. The van der Waals surface area contributed by atoms with Gasteiger partial charge in [0, 0.05) is 27.2 Å². The summed E-state index contributed by atoms with van der Waals surface area (Å²) in [6.45, 7) is 3.03. The smallest absolute Gasteiger partial charge is 0.250 e. The van der Waals surface area contributed by atoms with Crippen molar-refractivity contribution >= 4 is 33.2 Å². The number of benzene rings is 2. The van der Waals surface area contributed by atoms with Crippen molar-refractivity contribution in [3.63, 3.8) is 0 Å². The molecular formula is C25H32N4O4S. The van der Waals surface area contributed by atoms with E-state index in [9.17, 15) is 18.0 Å². The lowest BCUT2D eigenvalue weighted by atomic mass is 9.96. The van der Waals surface area contributed by atoms with Gasteiger partial charge in [-0.2, -0.15) is 0 Å². The van der Waals surface area contributed by atoms with E-state index in [0.717, 1.165) is 47.8 Å². The monoisotopic (exact) mass is 484 g/mol. The van der Waals surface area contributed by atoms with Gasteiger partial charge in [0.1, 0.15) is 12.6 Å². The standard InChI is InChI=1S/C25H32N4O4S/c1-4-18-8-10-19(11-9-18)16-26-24(30)17-29-23-15-20(34(32,33)27(2)3)12-13-21(23)28-14-6-5-7-22(28)25(29)31/h8-13,15,22H,4-7,14,16-17H2,1-3H3,(H,26,30)/t22-/m0/s1. The van der Waals surface area contributed by atoms with Crippen LogP contribution in [0.5, 0.6) is 0 Å². The summed E-state index contributed by atoms with van der Waals surface area (Å²) in [6, 6.07) is 12.6. The third-order valence-corrected chi connectivity index (χ3v) is 8.41. The number of anilines is 2. The molecule has 0 aliphatic carbocycles. The normalized spacial score (nSPS) is 18.0. The largest absolute Gasteiger partial charge is 0.358 e. The molecule has 1 saturated heterocycles. The van der Waals surface area contributed by atoms with Crippen LogP contribution in [0.1, 0.15) is 37.3 Å². The number of nitrogens with zero attached hydrogens (tertiary/aromatic N) is 3. The molecule has 9 heteroatoms. The number of sulfonamides is 1. The topological polar surface area (TPSA) is 90.0 Å². The summed E-state index contributed by atoms with van der Waals surface area (Å²) >= 11 is 0. The maximum absolute atomic E-state index is 13.4. The van der Waals surface area contributed by atoms with Crippen LogP contribution in [0, 0.1) is 0 Å². The Hall–Kier alpha value is -2.91. The predicted molar refractivity (Wildman–Crippen MR) is 132 cm³/mol. The average Bonchev–Trinajstić information content (AvgIpc) is 2.85. The highest BCUT2D eigenvalue weighted by molar-refractivity contribution is 7.89. The number of fused-ring (bicyclic) bond motifs is 3. The van der Waals surface area contributed by atoms with Gasteiger partial charge in [-0.25, -0.2) is 12.7 Å². The van der Waals surface area contributed by atoms with E-state index < -0.39 is 10.0 Å². The summed E-state index contributed by atoms with van der Waals surface area (Å²) in [5.41, 5.74) is 3.47. The lowest BCUT2D eigenvalue weighted by molar-refractivity contribution is -0.125. The number of piperidine rings is 1. The molecule has 0 radical (unpaired) electrons. The third-order valence-electron chi connectivity index (χ3n) is 6.60. The Bertz CT molecular complexity index is 1180. The minimum atomic E-state index is -3.68. The highest BCUT2D eigenvalue weighted by Crippen LogP contribution is 2.40. The second kappa shape index (κ2) is 9.76. The van der Waals surface area contributed by atoms with Gasteiger partial charge in [0.25, 0.3) is 0 Å². The molecule has 34 heavy (non-hydrogen) atoms. The SMILES string of the molecule is CCc1ccc(CNC(=O)CN2C(=O)[C@@H]3CCCCN3c3ccc(S(=O)(=O)N(C)C)cc32)cc1. The predicted octanol–water partition coefficient (Wildman–Crippen LogP) is 2.52. The fourth-order valence-electron chi connectivity index (χ4n) is 4.56. The number of hydrogen-bond acceptors (Lipinski definition) is 5. The van der Waals surface area contributed by atoms with Crippen molar-refractivity contribution in [2.75, 3.05) is 37.0 Å². The van der Waals surface area contributed by atoms with Gasteiger partial charge in [0.05, 0.1) is 16.3 Å². The number of carbonyl (C=O) groups excluding carboxylic acids is 2. The molecule has 1 atom stereocenters. The van der Waals surface area contributed by atoms with Crippen molar-refractivity contribution in [2.45, 2.75) is 50.1 Å². The Morgan fingerprint density at radius 2 is 1.76 bits per heavy atom. The highest BCUT2D eigenvalue weighted by atomic mass is 32.2. The molecular weight excluding hydrogens is 452 g/mol. The van der Waals surface area contributed by atoms with Gasteiger partial charge < -0.3 is 10.2 Å². The molecule has 0 spiro atoms. The Labute approximate surface area is 201 Å². The van der Waals surface area contributed by atoms with E-state index >= 15 is 0 Å². The van der Waals surface area contributed by atoms with E-state index in [1.54, 1.807) is 12.1 Å². The molecule has 0 bridgehead atoms.